The van der Waals surface area contributed by atoms with Gasteiger partial charge in [-0.3, -0.25) is 4.79 Å². The molecule has 0 aliphatic carbocycles. The van der Waals surface area contributed by atoms with Crippen LogP contribution in [-0.2, 0) is 4.79 Å². The monoisotopic (exact) mass is 274 g/mol. The van der Waals surface area contributed by atoms with E-state index in [-0.39, 0.29) is 5.91 Å². The van der Waals surface area contributed by atoms with Crippen molar-refractivity contribution in [3.05, 3.63) is 35.4 Å². The molecule has 0 bridgehead atoms. The highest BCUT2D eigenvalue weighted by atomic mass is 16.5. The van der Waals surface area contributed by atoms with E-state index in [4.69, 9.17) is 4.74 Å². The fraction of sp³-hybridized carbons (Fsp3) is 0.438. The SMILES string of the molecule is COc1ccc(C)cc1/C=C/C(=O)N(C)C1CCNC1. The highest BCUT2D eigenvalue weighted by Crippen LogP contribution is 2.21. The number of hydrogen-bond donors (Lipinski definition) is 1. The van der Waals surface area contributed by atoms with Gasteiger partial charge < -0.3 is 15.0 Å². The molecule has 1 aliphatic rings. The molecule has 2 rings (SSSR count). The van der Waals surface area contributed by atoms with Gasteiger partial charge in [0.1, 0.15) is 5.75 Å². The summed E-state index contributed by atoms with van der Waals surface area (Å²) in [6.45, 7) is 3.89. The molecule has 1 aliphatic heterocycles. The van der Waals surface area contributed by atoms with Crippen LogP contribution < -0.4 is 10.1 Å². The number of likely N-dealkylation sites (N-methyl/N-ethyl adjacent to an activating group) is 1. The lowest BCUT2D eigenvalue weighted by Crippen LogP contribution is -2.37. The number of aryl methyl sites for hydroxylation is 1. The zero-order valence-corrected chi connectivity index (χ0v) is 12.3. The van der Waals surface area contributed by atoms with Gasteiger partial charge in [-0.1, -0.05) is 11.6 Å². The first-order valence-electron chi connectivity index (χ1n) is 6.92. The summed E-state index contributed by atoms with van der Waals surface area (Å²) in [7, 11) is 3.50. The maximum atomic E-state index is 12.2. The molecule has 0 radical (unpaired) electrons. The van der Waals surface area contributed by atoms with Crippen LogP contribution >= 0.6 is 0 Å². The summed E-state index contributed by atoms with van der Waals surface area (Å²) in [5.74, 6) is 0.812. The summed E-state index contributed by atoms with van der Waals surface area (Å²) in [6, 6.07) is 6.23. The zero-order valence-electron chi connectivity index (χ0n) is 12.3. The molecule has 0 spiro atoms. The number of methoxy groups -OCH3 is 1. The number of carbonyl (C=O) groups excluding carboxylic acids is 1. The lowest BCUT2D eigenvalue weighted by atomic mass is 10.1. The molecule has 4 nitrogen and oxygen atoms in total. The Hall–Kier alpha value is -1.81. The van der Waals surface area contributed by atoms with Crippen LogP contribution in [0.15, 0.2) is 24.3 Å². The summed E-state index contributed by atoms with van der Waals surface area (Å²) in [6.07, 6.45) is 4.46. The number of hydrogen-bond acceptors (Lipinski definition) is 3. The van der Waals surface area contributed by atoms with Gasteiger partial charge in [0.05, 0.1) is 7.11 Å². The minimum Gasteiger partial charge on any atom is -0.496 e. The second kappa shape index (κ2) is 6.57. The molecule has 0 aromatic heterocycles. The largest absolute Gasteiger partial charge is 0.496 e. The fourth-order valence-corrected chi connectivity index (χ4v) is 2.41. The van der Waals surface area contributed by atoms with Gasteiger partial charge in [0, 0.05) is 31.3 Å². The van der Waals surface area contributed by atoms with Crippen molar-refractivity contribution >= 4 is 12.0 Å². The number of nitrogens with one attached hydrogen (secondary N) is 1. The van der Waals surface area contributed by atoms with E-state index in [2.05, 4.69) is 5.32 Å². The second-order valence-electron chi connectivity index (χ2n) is 5.17. The van der Waals surface area contributed by atoms with Crippen molar-refractivity contribution < 1.29 is 9.53 Å². The molecule has 1 aromatic rings. The van der Waals surface area contributed by atoms with E-state index in [9.17, 15) is 4.79 Å². The molecular weight excluding hydrogens is 252 g/mol. The summed E-state index contributed by atoms with van der Waals surface area (Å²) >= 11 is 0. The third-order valence-corrected chi connectivity index (χ3v) is 3.72. The lowest BCUT2D eigenvalue weighted by Gasteiger charge is -2.22. The van der Waals surface area contributed by atoms with Crippen LogP contribution in [0, 0.1) is 6.92 Å². The predicted octanol–water partition coefficient (Wildman–Crippen LogP) is 1.84. The maximum Gasteiger partial charge on any atom is 0.246 e. The lowest BCUT2D eigenvalue weighted by molar-refractivity contribution is -0.126. The van der Waals surface area contributed by atoms with Gasteiger partial charge in [0.15, 0.2) is 0 Å². The third-order valence-electron chi connectivity index (χ3n) is 3.72. The number of amides is 1. The van der Waals surface area contributed by atoms with Crippen LogP contribution in [0.1, 0.15) is 17.5 Å². The molecule has 0 saturated carbocycles. The Kier molecular flexibility index (Phi) is 4.79. The standard InChI is InChI=1S/C16H22N2O2/c1-12-4-6-15(20-3)13(10-12)5-7-16(19)18(2)14-8-9-17-11-14/h4-7,10,14,17H,8-9,11H2,1-3H3/b7-5+. The molecule has 20 heavy (non-hydrogen) atoms. The Labute approximate surface area is 120 Å². The van der Waals surface area contributed by atoms with E-state index in [0.29, 0.717) is 6.04 Å². The molecule has 1 atom stereocenters. The molecule has 1 amide bonds. The van der Waals surface area contributed by atoms with Gasteiger partial charge in [-0.15, -0.1) is 0 Å². The summed E-state index contributed by atoms with van der Waals surface area (Å²) in [5, 5.41) is 3.27. The first-order valence-corrected chi connectivity index (χ1v) is 6.92. The minimum absolute atomic E-state index is 0.0299. The topological polar surface area (TPSA) is 41.6 Å². The van der Waals surface area contributed by atoms with E-state index in [1.54, 1.807) is 18.1 Å². The minimum atomic E-state index is 0.0299. The number of benzene rings is 1. The van der Waals surface area contributed by atoms with Crippen molar-refractivity contribution in [1.29, 1.82) is 0 Å². The van der Waals surface area contributed by atoms with E-state index in [1.165, 1.54) is 0 Å². The second-order valence-corrected chi connectivity index (χ2v) is 5.17. The van der Waals surface area contributed by atoms with E-state index < -0.39 is 0 Å². The highest BCUT2D eigenvalue weighted by molar-refractivity contribution is 5.92. The summed E-state index contributed by atoms with van der Waals surface area (Å²) in [5.41, 5.74) is 2.07. The Balaban J connectivity index is 2.08. The van der Waals surface area contributed by atoms with Gasteiger partial charge >= 0.3 is 0 Å². The molecule has 1 N–H and O–H groups in total. The average Bonchev–Trinajstić information content (AvgIpc) is 2.98. The molecule has 4 heteroatoms. The Bertz CT molecular complexity index is 505. The zero-order chi connectivity index (χ0) is 14.5. The molecule has 1 unspecified atom stereocenters. The van der Waals surface area contributed by atoms with Crippen LogP contribution in [0.25, 0.3) is 6.08 Å². The van der Waals surface area contributed by atoms with Crippen molar-refractivity contribution in [3.8, 4) is 5.75 Å². The summed E-state index contributed by atoms with van der Waals surface area (Å²) in [4.78, 5) is 14.0. The quantitative estimate of drug-likeness (QED) is 0.852. The van der Waals surface area contributed by atoms with Crippen molar-refractivity contribution in [1.82, 2.24) is 10.2 Å². The number of rotatable bonds is 4. The molecular formula is C16H22N2O2. The van der Waals surface area contributed by atoms with Crippen molar-refractivity contribution in [3.63, 3.8) is 0 Å². The fourth-order valence-electron chi connectivity index (χ4n) is 2.41. The van der Waals surface area contributed by atoms with Crippen molar-refractivity contribution in [2.75, 3.05) is 27.2 Å². The first kappa shape index (κ1) is 14.6. The van der Waals surface area contributed by atoms with Crippen LogP contribution in [0.2, 0.25) is 0 Å². The van der Waals surface area contributed by atoms with E-state index in [0.717, 1.165) is 36.4 Å². The van der Waals surface area contributed by atoms with Crippen molar-refractivity contribution in [2.24, 2.45) is 0 Å². The predicted molar refractivity (Wildman–Crippen MR) is 80.8 cm³/mol. The smallest absolute Gasteiger partial charge is 0.246 e. The van der Waals surface area contributed by atoms with Gasteiger partial charge in [0.2, 0.25) is 5.91 Å². The van der Waals surface area contributed by atoms with E-state index >= 15 is 0 Å². The number of nitrogens with zero attached hydrogens (tertiary/aromatic N) is 1. The molecule has 1 heterocycles. The average molecular weight is 274 g/mol. The number of carbonyl (C=O) groups is 1. The first-order chi connectivity index (χ1) is 9.61. The van der Waals surface area contributed by atoms with Crippen LogP contribution in [0.3, 0.4) is 0 Å². The number of ether oxygens (including phenoxy) is 1. The van der Waals surface area contributed by atoms with Gasteiger partial charge in [-0.05, 0) is 38.1 Å². The van der Waals surface area contributed by atoms with E-state index in [1.807, 2.05) is 38.2 Å². The van der Waals surface area contributed by atoms with Crippen LogP contribution in [-0.4, -0.2) is 44.1 Å². The third kappa shape index (κ3) is 3.39. The van der Waals surface area contributed by atoms with Gasteiger partial charge in [0.25, 0.3) is 0 Å². The Morgan fingerprint density at radius 1 is 1.50 bits per heavy atom. The van der Waals surface area contributed by atoms with Crippen LogP contribution in [0.5, 0.6) is 5.75 Å². The maximum absolute atomic E-state index is 12.2. The molecule has 1 fully saturated rings. The van der Waals surface area contributed by atoms with Gasteiger partial charge in [-0.25, -0.2) is 0 Å². The molecule has 108 valence electrons. The van der Waals surface area contributed by atoms with Crippen molar-refractivity contribution in [2.45, 2.75) is 19.4 Å². The summed E-state index contributed by atoms with van der Waals surface area (Å²) < 4.78 is 5.31. The normalized spacial score (nSPS) is 18.4. The molecule has 1 saturated heterocycles. The highest BCUT2D eigenvalue weighted by Gasteiger charge is 2.21. The Morgan fingerprint density at radius 2 is 2.30 bits per heavy atom. The molecule has 1 aromatic carbocycles. The van der Waals surface area contributed by atoms with Crippen LogP contribution in [0.4, 0.5) is 0 Å². The van der Waals surface area contributed by atoms with Gasteiger partial charge in [-0.2, -0.15) is 0 Å². The Morgan fingerprint density at radius 3 is 2.95 bits per heavy atom.